The van der Waals surface area contributed by atoms with Crippen molar-refractivity contribution in [2.45, 2.75) is 19.9 Å². The number of aryl methyl sites for hydroxylation is 1. The average Bonchev–Trinajstić information content (AvgIpc) is 3.03. The lowest BCUT2D eigenvalue weighted by Gasteiger charge is -2.25. The van der Waals surface area contributed by atoms with E-state index >= 15 is 0 Å². The minimum Gasteiger partial charge on any atom is -0.466 e. The van der Waals surface area contributed by atoms with Gasteiger partial charge in [0.25, 0.3) is 5.56 Å². The number of carbonyl (C=O) groups excluding carboxylic acids is 1. The quantitative estimate of drug-likeness (QED) is 0.589. The summed E-state index contributed by atoms with van der Waals surface area (Å²) in [4.78, 5) is 31.1. The normalized spacial score (nSPS) is 16.3. The molecule has 0 radical (unpaired) electrons. The molecular weight excluding hydrogens is 420 g/mol. The zero-order valence-electron chi connectivity index (χ0n) is 16.7. The topological polar surface area (TPSA) is 60.7 Å². The van der Waals surface area contributed by atoms with E-state index in [4.69, 9.17) is 16.3 Å². The number of carbonyl (C=O) groups is 1. The standard InChI is InChI=1S/C23H19ClN2O3S/c1-13-8-10-15(11-9-13)12-18-21(27)26-20(16-6-4-5-7-17(16)24)19(22(28)29-3)14(2)25-23(26)30-18/h4-12,20H,1-3H3/b18-12-. The molecule has 0 N–H and O–H groups in total. The van der Waals surface area contributed by atoms with E-state index < -0.39 is 12.0 Å². The number of hydrogen-bond donors (Lipinski definition) is 0. The second-order valence-electron chi connectivity index (χ2n) is 7.01. The summed E-state index contributed by atoms with van der Waals surface area (Å²) in [6.45, 7) is 3.76. The van der Waals surface area contributed by atoms with E-state index in [1.54, 1.807) is 19.1 Å². The van der Waals surface area contributed by atoms with E-state index in [0.29, 0.717) is 31.2 Å². The Morgan fingerprint density at radius 1 is 1.17 bits per heavy atom. The number of halogens is 1. The second kappa shape index (κ2) is 8.05. The minimum atomic E-state index is -0.706. The summed E-state index contributed by atoms with van der Waals surface area (Å²) in [6.07, 6.45) is 1.84. The van der Waals surface area contributed by atoms with Crippen molar-refractivity contribution in [3.8, 4) is 0 Å². The maximum atomic E-state index is 13.4. The lowest BCUT2D eigenvalue weighted by molar-refractivity contribution is -0.136. The number of nitrogens with zero attached hydrogens (tertiary/aromatic N) is 2. The van der Waals surface area contributed by atoms with Crippen molar-refractivity contribution >= 4 is 35.0 Å². The Bertz CT molecular complexity index is 1350. The Labute approximate surface area is 182 Å². The number of methoxy groups -OCH3 is 1. The van der Waals surface area contributed by atoms with Crippen LogP contribution in [-0.4, -0.2) is 17.6 Å². The number of aromatic nitrogens is 1. The number of thiazole rings is 1. The molecule has 152 valence electrons. The van der Waals surface area contributed by atoms with Gasteiger partial charge in [-0.1, -0.05) is 71.0 Å². The first-order valence-electron chi connectivity index (χ1n) is 9.32. The van der Waals surface area contributed by atoms with Gasteiger partial charge in [0, 0.05) is 5.02 Å². The second-order valence-corrected chi connectivity index (χ2v) is 8.42. The smallest absolute Gasteiger partial charge is 0.338 e. The third-order valence-electron chi connectivity index (χ3n) is 5.00. The molecule has 0 spiro atoms. The van der Waals surface area contributed by atoms with E-state index in [0.717, 1.165) is 11.1 Å². The van der Waals surface area contributed by atoms with Crippen molar-refractivity contribution in [3.63, 3.8) is 0 Å². The van der Waals surface area contributed by atoms with Gasteiger partial charge in [0.1, 0.15) is 6.04 Å². The largest absolute Gasteiger partial charge is 0.466 e. The number of hydrogen-bond acceptors (Lipinski definition) is 5. The van der Waals surface area contributed by atoms with Gasteiger partial charge in [0.05, 0.1) is 22.9 Å². The number of rotatable bonds is 3. The Balaban J connectivity index is 2.00. The van der Waals surface area contributed by atoms with Crippen LogP contribution < -0.4 is 14.9 Å². The van der Waals surface area contributed by atoms with E-state index in [2.05, 4.69) is 4.99 Å². The van der Waals surface area contributed by atoms with E-state index in [1.165, 1.54) is 23.0 Å². The van der Waals surface area contributed by atoms with Gasteiger partial charge in [-0.3, -0.25) is 9.36 Å². The zero-order valence-corrected chi connectivity index (χ0v) is 18.3. The average molecular weight is 439 g/mol. The Morgan fingerprint density at radius 2 is 1.87 bits per heavy atom. The molecule has 0 amide bonds. The molecule has 0 fully saturated rings. The van der Waals surface area contributed by atoms with Crippen molar-refractivity contribution in [2.75, 3.05) is 7.11 Å². The van der Waals surface area contributed by atoms with Crippen molar-refractivity contribution < 1.29 is 9.53 Å². The Hall–Kier alpha value is -2.96. The molecule has 0 bridgehead atoms. The van der Waals surface area contributed by atoms with Crippen LogP contribution >= 0.6 is 22.9 Å². The fraction of sp³-hybridized carbons (Fsp3) is 0.174. The van der Waals surface area contributed by atoms with Crippen LogP contribution in [0.5, 0.6) is 0 Å². The van der Waals surface area contributed by atoms with Gasteiger partial charge >= 0.3 is 5.97 Å². The Morgan fingerprint density at radius 3 is 2.53 bits per heavy atom. The molecule has 0 aliphatic carbocycles. The van der Waals surface area contributed by atoms with Gasteiger partial charge in [-0.2, -0.15) is 0 Å². The minimum absolute atomic E-state index is 0.224. The summed E-state index contributed by atoms with van der Waals surface area (Å²) in [7, 11) is 1.31. The molecule has 1 unspecified atom stereocenters. The summed E-state index contributed by atoms with van der Waals surface area (Å²) in [5.74, 6) is -0.533. The fourth-order valence-corrected chi connectivity index (χ4v) is 4.78. The van der Waals surface area contributed by atoms with Crippen LogP contribution in [0.25, 0.3) is 6.08 Å². The molecule has 30 heavy (non-hydrogen) atoms. The maximum absolute atomic E-state index is 13.4. The van der Waals surface area contributed by atoms with Gasteiger partial charge in [-0.05, 0) is 37.1 Å². The summed E-state index contributed by atoms with van der Waals surface area (Å²) < 4.78 is 7.07. The zero-order chi connectivity index (χ0) is 21.4. The highest BCUT2D eigenvalue weighted by molar-refractivity contribution is 7.07. The summed E-state index contributed by atoms with van der Waals surface area (Å²) in [6, 6.07) is 14.4. The van der Waals surface area contributed by atoms with Gasteiger partial charge in [0.2, 0.25) is 0 Å². The number of ether oxygens (including phenoxy) is 1. The van der Waals surface area contributed by atoms with Crippen LogP contribution in [0.4, 0.5) is 0 Å². The molecule has 5 nitrogen and oxygen atoms in total. The van der Waals surface area contributed by atoms with Crippen LogP contribution in [0.1, 0.15) is 29.7 Å². The molecule has 2 heterocycles. The molecule has 3 aromatic rings. The predicted octanol–water partition coefficient (Wildman–Crippen LogP) is 3.37. The van der Waals surface area contributed by atoms with Crippen LogP contribution in [0, 0.1) is 6.92 Å². The van der Waals surface area contributed by atoms with Gasteiger partial charge in [0.15, 0.2) is 4.80 Å². The number of fused-ring (bicyclic) bond motifs is 1. The first-order valence-corrected chi connectivity index (χ1v) is 10.5. The first-order chi connectivity index (χ1) is 14.4. The third-order valence-corrected chi connectivity index (χ3v) is 6.33. The molecular formula is C23H19ClN2O3S. The van der Waals surface area contributed by atoms with Crippen LogP contribution in [-0.2, 0) is 9.53 Å². The molecule has 4 rings (SSSR count). The molecule has 1 aliphatic rings. The SMILES string of the molecule is COC(=O)C1=C(C)N=c2s/c(=C\c3ccc(C)cc3)c(=O)n2C1c1ccccc1Cl. The molecule has 1 aromatic heterocycles. The number of benzene rings is 2. The summed E-state index contributed by atoms with van der Waals surface area (Å²) in [5, 5.41) is 0.465. The molecule has 1 aliphatic heterocycles. The van der Waals surface area contributed by atoms with Gasteiger partial charge in [-0.15, -0.1) is 0 Å². The first kappa shape index (κ1) is 20.3. The van der Waals surface area contributed by atoms with E-state index in [-0.39, 0.29) is 5.56 Å². The van der Waals surface area contributed by atoms with Crippen LogP contribution in [0.15, 0.2) is 69.6 Å². The summed E-state index contributed by atoms with van der Waals surface area (Å²) >= 11 is 7.75. The molecule has 0 saturated carbocycles. The molecule has 2 aromatic carbocycles. The van der Waals surface area contributed by atoms with Crippen LogP contribution in [0.2, 0.25) is 5.02 Å². The number of esters is 1. The lowest BCUT2D eigenvalue weighted by atomic mass is 9.96. The van der Waals surface area contributed by atoms with Crippen LogP contribution in [0.3, 0.4) is 0 Å². The lowest BCUT2D eigenvalue weighted by Crippen LogP contribution is -2.39. The Kier molecular flexibility index (Phi) is 5.45. The predicted molar refractivity (Wildman–Crippen MR) is 118 cm³/mol. The van der Waals surface area contributed by atoms with Gasteiger partial charge in [-0.25, -0.2) is 9.79 Å². The van der Waals surface area contributed by atoms with Crippen molar-refractivity contribution in [1.29, 1.82) is 0 Å². The highest BCUT2D eigenvalue weighted by atomic mass is 35.5. The third kappa shape index (κ3) is 3.53. The van der Waals surface area contributed by atoms with Gasteiger partial charge < -0.3 is 4.74 Å². The van der Waals surface area contributed by atoms with E-state index in [9.17, 15) is 9.59 Å². The highest BCUT2D eigenvalue weighted by Gasteiger charge is 2.34. The highest BCUT2D eigenvalue weighted by Crippen LogP contribution is 2.34. The van der Waals surface area contributed by atoms with Crippen molar-refractivity contribution in [2.24, 2.45) is 4.99 Å². The molecule has 0 saturated heterocycles. The van der Waals surface area contributed by atoms with Crippen molar-refractivity contribution in [1.82, 2.24) is 4.57 Å². The summed E-state index contributed by atoms with van der Waals surface area (Å²) in [5.41, 5.74) is 3.31. The molecule has 7 heteroatoms. The number of allylic oxidation sites excluding steroid dienone is 1. The van der Waals surface area contributed by atoms with Crippen molar-refractivity contribution in [3.05, 3.63) is 101 Å². The monoisotopic (exact) mass is 438 g/mol. The molecule has 1 atom stereocenters. The fourth-order valence-electron chi connectivity index (χ4n) is 3.50. The maximum Gasteiger partial charge on any atom is 0.338 e. The van der Waals surface area contributed by atoms with E-state index in [1.807, 2.05) is 49.4 Å².